The molecule has 2 atom stereocenters. The number of carbonyl (C=O) groups is 2. The van der Waals surface area contributed by atoms with E-state index >= 15 is 0 Å². The van der Waals surface area contributed by atoms with Gasteiger partial charge in [-0.25, -0.2) is 4.79 Å². The van der Waals surface area contributed by atoms with Gasteiger partial charge in [-0.1, -0.05) is 6.92 Å². The van der Waals surface area contributed by atoms with Crippen LogP contribution in [0.15, 0.2) is 0 Å². The van der Waals surface area contributed by atoms with Gasteiger partial charge < -0.3 is 14.7 Å². The molecule has 23 heavy (non-hydrogen) atoms. The summed E-state index contributed by atoms with van der Waals surface area (Å²) in [5.74, 6) is -0.610. The predicted molar refractivity (Wildman–Crippen MR) is 87.3 cm³/mol. The first-order chi connectivity index (χ1) is 10.7. The molecular formula is C17H30N2O4. The lowest BCUT2D eigenvalue weighted by molar-refractivity contribution is -0.144. The maximum absolute atomic E-state index is 12.4. The fourth-order valence-electron chi connectivity index (χ4n) is 3.39. The molecule has 0 spiro atoms. The number of nitrogens with zero attached hydrogens (tertiary/aromatic N) is 2. The second-order valence-corrected chi connectivity index (χ2v) is 8.03. The zero-order valence-electron chi connectivity index (χ0n) is 14.7. The Balaban J connectivity index is 2.05. The second kappa shape index (κ2) is 7.07. The molecule has 0 unspecified atom stereocenters. The molecule has 0 aromatic rings. The van der Waals surface area contributed by atoms with E-state index < -0.39 is 23.6 Å². The Kier molecular flexibility index (Phi) is 5.55. The molecule has 1 amide bonds. The van der Waals surface area contributed by atoms with Crippen molar-refractivity contribution in [1.29, 1.82) is 0 Å². The van der Waals surface area contributed by atoms with Crippen molar-refractivity contribution in [1.82, 2.24) is 9.80 Å². The number of piperidine rings is 2. The molecule has 0 aromatic carbocycles. The van der Waals surface area contributed by atoms with Gasteiger partial charge in [0.25, 0.3) is 0 Å². The first-order valence-corrected chi connectivity index (χ1v) is 8.60. The molecule has 0 saturated carbocycles. The van der Waals surface area contributed by atoms with Crippen molar-refractivity contribution in [2.45, 2.75) is 58.6 Å². The van der Waals surface area contributed by atoms with Gasteiger partial charge in [-0.15, -0.1) is 0 Å². The van der Waals surface area contributed by atoms with Crippen molar-refractivity contribution in [2.24, 2.45) is 11.8 Å². The van der Waals surface area contributed by atoms with Gasteiger partial charge in [-0.05, 0) is 59.0 Å². The Labute approximate surface area is 138 Å². The monoisotopic (exact) mass is 326 g/mol. The first-order valence-electron chi connectivity index (χ1n) is 8.60. The van der Waals surface area contributed by atoms with E-state index in [4.69, 9.17) is 4.74 Å². The van der Waals surface area contributed by atoms with E-state index in [0.717, 1.165) is 31.8 Å². The zero-order valence-corrected chi connectivity index (χ0v) is 14.7. The number of ether oxygens (including phenoxy) is 1. The minimum Gasteiger partial charge on any atom is -0.481 e. The minimum atomic E-state index is -0.825. The smallest absolute Gasteiger partial charge is 0.410 e. The second-order valence-electron chi connectivity index (χ2n) is 8.03. The summed E-state index contributed by atoms with van der Waals surface area (Å²) in [5, 5.41) is 9.43. The number of amides is 1. The molecule has 2 aliphatic rings. The third kappa shape index (κ3) is 5.09. The van der Waals surface area contributed by atoms with Gasteiger partial charge in [-0.3, -0.25) is 9.69 Å². The summed E-state index contributed by atoms with van der Waals surface area (Å²) in [5.41, 5.74) is -0.566. The van der Waals surface area contributed by atoms with Crippen LogP contribution in [0, 0.1) is 11.8 Å². The van der Waals surface area contributed by atoms with Crippen LogP contribution in [0.1, 0.15) is 47.0 Å². The van der Waals surface area contributed by atoms with Crippen LogP contribution < -0.4 is 0 Å². The molecule has 0 aromatic heterocycles. The summed E-state index contributed by atoms with van der Waals surface area (Å²) in [6.07, 6.45) is 2.49. The van der Waals surface area contributed by atoms with E-state index in [1.165, 1.54) is 0 Å². The molecule has 2 fully saturated rings. The highest BCUT2D eigenvalue weighted by Crippen LogP contribution is 2.26. The summed E-state index contributed by atoms with van der Waals surface area (Å²) in [6.45, 7) is 10.5. The van der Waals surface area contributed by atoms with Gasteiger partial charge in [0.2, 0.25) is 0 Å². The maximum Gasteiger partial charge on any atom is 0.410 e. The largest absolute Gasteiger partial charge is 0.481 e. The van der Waals surface area contributed by atoms with Gasteiger partial charge in [-0.2, -0.15) is 0 Å². The summed E-state index contributed by atoms with van der Waals surface area (Å²) < 4.78 is 5.43. The van der Waals surface area contributed by atoms with Crippen LogP contribution in [0.25, 0.3) is 0 Å². The summed E-state index contributed by atoms with van der Waals surface area (Å²) in [6, 6.07) is 0.116. The van der Waals surface area contributed by atoms with Crippen LogP contribution in [-0.4, -0.2) is 64.8 Å². The average molecular weight is 326 g/mol. The number of hydrogen-bond acceptors (Lipinski definition) is 4. The summed E-state index contributed by atoms with van der Waals surface area (Å²) >= 11 is 0. The van der Waals surface area contributed by atoms with Crippen LogP contribution in [0.3, 0.4) is 0 Å². The van der Waals surface area contributed by atoms with Crippen molar-refractivity contribution < 1.29 is 19.4 Å². The molecule has 6 heteroatoms. The van der Waals surface area contributed by atoms with Crippen LogP contribution >= 0.6 is 0 Å². The lowest BCUT2D eigenvalue weighted by Crippen LogP contribution is -2.56. The highest BCUT2D eigenvalue weighted by molar-refractivity contribution is 5.73. The van der Waals surface area contributed by atoms with Gasteiger partial charge in [0.15, 0.2) is 0 Å². The van der Waals surface area contributed by atoms with Crippen molar-refractivity contribution in [3.63, 3.8) is 0 Å². The maximum atomic E-state index is 12.4. The number of carbonyl (C=O) groups excluding carboxylic acids is 1. The van der Waals surface area contributed by atoms with Crippen LogP contribution in [0.2, 0.25) is 0 Å². The predicted octanol–water partition coefficient (Wildman–Crippen LogP) is 2.43. The first kappa shape index (κ1) is 18.0. The standard InChI is InChI=1S/C17H30N2O4/c1-12-5-7-18(8-6-12)14-9-13(15(20)21)10-19(11-14)16(22)23-17(2,3)4/h12-14H,5-11H2,1-4H3,(H,20,21)/t13-,14-/m0/s1. The quantitative estimate of drug-likeness (QED) is 0.844. The lowest BCUT2D eigenvalue weighted by Gasteiger charge is -2.43. The third-order valence-electron chi connectivity index (χ3n) is 4.76. The van der Waals surface area contributed by atoms with Crippen LogP contribution in [0.4, 0.5) is 4.79 Å². The molecule has 2 heterocycles. The number of hydrogen-bond donors (Lipinski definition) is 1. The molecule has 2 saturated heterocycles. The van der Waals surface area contributed by atoms with Crippen molar-refractivity contribution in [3.8, 4) is 0 Å². The molecular weight excluding hydrogens is 296 g/mol. The average Bonchev–Trinajstić information content (AvgIpc) is 2.45. The Hall–Kier alpha value is -1.30. The molecule has 0 aliphatic carbocycles. The number of carboxylic acid groups (broad SMARTS) is 1. The fourth-order valence-corrected chi connectivity index (χ4v) is 3.39. The Morgan fingerprint density at radius 1 is 1.13 bits per heavy atom. The van der Waals surface area contributed by atoms with Gasteiger partial charge >= 0.3 is 12.1 Å². The normalized spacial score (nSPS) is 27.7. The summed E-state index contributed by atoms with van der Waals surface area (Å²) in [4.78, 5) is 27.8. The number of carboxylic acids is 1. The van der Waals surface area contributed by atoms with Gasteiger partial charge in [0, 0.05) is 19.1 Å². The van der Waals surface area contributed by atoms with Gasteiger partial charge in [0.05, 0.1) is 5.92 Å². The van der Waals surface area contributed by atoms with Crippen LogP contribution in [0.5, 0.6) is 0 Å². The molecule has 1 N–H and O–H groups in total. The number of rotatable bonds is 2. The van der Waals surface area contributed by atoms with E-state index in [2.05, 4.69) is 11.8 Å². The van der Waals surface area contributed by atoms with Gasteiger partial charge in [0.1, 0.15) is 5.60 Å². The molecule has 6 nitrogen and oxygen atoms in total. The SMILES string of the molecule is CC1CCN([C@H]2C[C@H](C(=O)O)CN(C(=O)OC(C)(C)C)C2)CC1. The minimum absolute atomic E-state index is 0.116. The van der Waals surface area contributed by atoms with Crippen molar-refractivity contribution >= 4 is 12.1 Å². The third-order valence-corrected chi connectivity index (χ3v) is 4.76. The van der Waals surface area contributed by atoms with E-state index in [1.807, 2.05) is 20.8 Å². The van der Waals surface area contributed by atoms with E-state index in [-0.39, 0.29) is 12.6 Å². The number of likely N-dealkylation sites (tertiary alicyclic amines) is 2. The summed E-state index contributed by atoms with van der Waals surface area (Å²) in [7, 11) is 0. The van der Waals surface area contributed by atoms with E-state index in [1.54, 1.807) is 4.90 Å². The molecule has 2 aliphatic heterocycles. The fraction of sp³-hybridized carbons (Fsp3) is 0.882. The molecule has 0 radical (unpaired) electrons. The van der Waals surface area contributed by atoms with E-state index in [0.29, 0.717) is 13.0 Å². The lowest BCUT2D eigenvalue weighted by atomic mass is 9.90. The van der Waals surface area contributed by atoms with Crippen molar-refractivity contribution in [3.05, 3.63) is 0 Å². The molecule has 2 rings (SSSR count). The van der Waals surface area contributed by atoms with Crippen LogP contribution in [-0.2, 0) is 9.53 Å². The zero-order chi connectivity index (χ0) is 17.2. The Morgan fingerprint density at radius 2 is 1.74 bits per heavy atom. The Morgan fingerprint density at radius 3 is 2.26 bits per heavy atom. The van der Waals surface area contributed by atoms with E-state index in [9.17, 15) is 14.7 Å². The number of aliphatic carboxylic acids is 1. The Bertz CT molecular complexity index is 438. The highest BCUT2D eigenvalue weighted by Gasteiger charge is 2.38. The molecule has 132 valence electrons. The topological polar surface area (TPSA) is 70.1 Å². The van der Waals surface area contributed by atoms with Crippen molar-refractivity contribution in [2.75, 3.05) is 26.2 Å². The molecule has 0 bridgehead atoms. The highest BCUT2D eigenvalue weighted by atomic mass is 16.6.